The summed E-state index contributed by atoms with van der Waals surface area (Å²) in [6.07, 6.45) is 6.88. The van der Waals surface area contributed by atoms with Crippen molar-refractivity contribution in [3.05, 3.63) is 0 Å². The van der Waals surface area contributed by atoms with Gasteiger partial charge in [-0.25, -0.2) is 0 Å². The number of hydrogen-bond acceptors (Lipinski definition) is 3. The van der Waals surface area contributed by atoms with Crippen molar-refractivity contribution in [1.82, 2.24) is 10.2 Å². The van der Waals surface area contributed by atoms with E-state index in [-0.39, 0.29) is 0 Å². The van der Waals surface area contributed by atoms with Gasteiger partial charge in [0.15, 0.2) is 0 Å². The van der Waals surface area contributed by atoms with Crippen LogP contribution in [0.15, 0.2) is 0 Å². The first-order chi connectivity index (χ1) is 9.20. The summed E-state index contributed by atoms with van der Waals surface area (Å²) in [5.41, 5.74) is 0. The van der Waals surface area contributed by atoms with Gasteiger partial charge in [-0.15, -0.1) is 0 Å². The Labute approximate surface area is 124 Å². The smallest absolute Gasteiger partial charge is 0.0191 e. The summed E-state index contributed by atoms with van der Waals surface area (Å²) in [4.78, 5) is 2.66. The van der Waals surface area contributed by atoms with Crippen LogP contribution in [-0.4, -0.2) is 48.6 Å². The van der Waals surface area contributed by atoms with Crippen molar-refractivity contribution in [3.8, 4) is 0 Å². The summed E-state index contributed by atoms with van der Waals surface area (Å²) >= 11 is 2.13. The minimum absolute atomic E-state index is 0.771. The first-order valence-corrected chi connectivity index (χ1v) is 9.37. The minimum atomic E-state index is 0.771. The second kappa shape index (κ2) is 7.90. The third-order valence-corrected chi connectivity index (χ3v) is 6.10. The second-order valence-electron chi connectivity index (χ2n) is 6.70. The second-order valence-corrected chi connectivity index (χ2v) is 7.85. The molecule has 1 saturated carbocycles. The molecule has 2 rings (SSSR count). The van der Waals surface area contributed by atoms with Gasteiger partial charge in [-0.05, 0) is 63.3 Å². The van der Waals surface area contributed by atoms with Crippen molar-refractivity contribution in [2.24, 2.45) is 11.8 Å². The molecule has 1 saturated heterocycles. The monoisotopic (exact) mass is 284 g/mol. The van der Waals surface area contributed by atoms with Crippen LogP contribution in [0.1, 0.15) is 46.0 Å². The number of rotatable bonds is 6. The van der Waals surface area contributed by atoms with Gasteiger partial charge in [0, 0.05) is 24.4 Å². The Morgan fingerprint density at radius 2 is 2.11 bits per heavy atom. The minimum Gasteiger partial charge on any atom is -0.314 e. The quantitative estimate of drug-likeness (QED) is 0.806. The first kappa shape index (κ1) is 15.7. The average molecular weight is 285 g/mol. The molecular weight excluding hydrogens is 252 g/mol. The molecular formula is C16H32N2S. The normalized spacial score (nSPS) is 36.0. The fourth-order valence-electron chi connectivity index (χ4n) is 3.69. The Morgan fingerprint density at radius 1 is 1.26 bits per heavy atom. The van der Waals surface area contributed by atoms with Crippen LogP contribution in [0.2, 0.25) is 0 Å². The maximum absolute atomic E-state index is 3.81. The van der Waals surface area contributed by atoms with Gasteiger partial charge in [0.1, 0.15) is 0 Å². The van der Waals surface area contributed by atoms with Crippen LogP contribution >= 0.6 is 11.8 Å². The lowest BCUT2D eigenvalue weighted by Crippen LogP contribution is -2.47. The largest absolute Gasteiger partial charge is 0.314 e. The molecule has 0 spiro atoms. The van der Waals surface area contributed by atoms with E-state index >= 15 is 0 Å². The number of thioether (sulfide) groups is 1. The standard InChI is InChI=1S/C16H32N2S/c1-4-8-17-16-6-5-13(2)10-14(16)11-18(3)15-7-9-19-12-15/h13-17H,4-12H2,1-3H3. The zero-order valence-corrected chi connectivity index (χ0v) is 13.8. The molecule has 0 aromatic heterocycles. The van der Waals surface area contributed by atoms with Crippen molar-refractivity contribution >= 4 is 11.8 Å². The maximum Gasteiger partial charge on any atom is 0.0191 e. The van der Waals surface area contributed by atoms with Crippen LogP contribution in [0.4, 0.5) is 0 Å². The van der Waals surface area contributed by atoms with Crippen LogP contribution in [0, 0.1) is 11.8 Å². The molecule has 1 heterocycles. The summed E-state index contributed by atoms with van der Waals surface area (Å²) < 4.78 is 0. The number of nitrogens with zero attached hydrogens (tertiary/aromatic N) is 1. The molecule has 112 valence electrons. The fraction of sp³-hybridized carbons (Fsp3) is 1.00. The van der Waals surface area contributed by atoms with Gasteiger partial charge in [-0.1, -0.05) is 13.8 Å². The lowest BCUT2D eigenvalue weighted by molar-refractivity contribution is 0.141. The molecule has 1 N–H and O–H groups in total. The van der Waals surface area contributed by atoms with Gasteiger partial charge in [-0.3, -0.25) is 0 Å². The third-order valence-electron chi connectivity index (χ3n) is 4.95. The molecule has 3 heteroatoms. The van der Waals surface area contributed by atoms with E-state index in [1.165, 1.54) is 56.7 Å². The van der Waals surface area contributed by atoms with E-state index in [4.69, 9.17) is 0 Å². The molecule has 2 nitrogen and oxygen atoms in total. The molecule has 2 aliphatic rings. The highest BCUT2D eigenvalue weighted by Crippen LogP contribution is 2.31. The third kappa shape index (κ3) is 4.64. The van der Waals surface area contributed by atoms with Crippen molar-refractivity contribution in [2.75, 3.05) is 31.6 Å². The van der Waals surface area contributed by atoms with Crippen LogP contribution in [0.3, 0.4) is 0 Å². The summed E-state index contributed by atoms with van der Waals surface area (Å²) in [5, 5.41) is 3.81. The molecule has 0 amide bonds. The van der Waals surface area contributed by atoms with Crippen molar-refractivity contribution < 1.29 is 0 Å². The van der Waals surface area contributed by atoms with Gasteiger partial charge in [0.2, 0.25) is 0 Å². The molecule has 1 aliphatic heterocycles. The summed E-state index contributed by atoms with van der Waals surface area (Å²) in [5.74, 6) is 4.52. The zero-order valence-electron chi connectivity index (χ0n) is 13.0. The highest BCUT2D eigenvalue weighted by molar-refractivity contribution is 7.99. The zero-order chi connectivity index (χ0) is 13.7. The van der Waals surface area contributed by atoms with Gasteiger partial charge < -0.3 is 10.2 Å². The average Bonchev–Trinajstić information content (AvgIpc) is 2.92. The van der Waals surface area contributed by atoms with E-state index in [1.807, 2.05) is 0 Å². The molecule has 0 bridgehead atoms. The van der Waals surface area contributed by atoms with E-state index < -0.39 is 0 Å². The van der Waals surface area contributed by atoms with Gasteiger partial charge in [0.25, 0.3) is 0 Å². The predicted molar refractivity (Wildman–Crippen MR) is 86.9 cm³/mol. The van der Waals surface area contributed by atoms with E-state index in [2.05, 4.69) is 42.9 Å². The van der Waals surface area contributed by atoms with Crippen molar-refractivity contribution in [1.29, 1.82) is 0 Å². The van der Waals surface area contributed by atoms with E-state index in [0.717, 1.165) is 23.9 Å². The molecule has 2 fully saturated rings. The molecule has 1 aliphatic carbocycles. The molecule has 0 aromatic rings. The summed E-state index contributed by atoms with van der Waals surface area (Å²) in [6.45, 7) is 7.21. The molecule has 0 aromatic carbocycles. The highest BCUT2D eigenvalue weighted by Gasteiger charge is 2.31. The fourth-order valence-corrected chi connectivity index (χ4v) is 4.99. The highest BCUT2D eigenvalue weighted by atomic mass is 32.2. The maximum atomic E-state index is 3.81. The molecule has 19 heavy (non-hydrogen) atoms. The van der Waals surface area contributed by atoms with Gasteiger partial charge in [0.05, 0.1) is 0 Å². The van der Waals surface area contributed by atoms with Crippen LogP contribution in [0.5, 0.6) is 0 Å². The van der Waals surface area contributed by atoms with Gasteiger partial charge in [-0.2, -0.15) is 11.8 Å². The topological polar surface area (TPSA) is 15.3 Å². The lowest BCUT2D eigenvalue weighted by Gasteiger charge is -2.39. The van der Waals surface area contributed by atoms with Crippen molar-refractivity contribution in [3.63, 3.8) is 0 Å². The molecule has 0 radical (unpaired) electrons. The Balaban J connectivity index is 1.85. The SMILES string of the molecule is CCCNC1CCC(C)CC1CN(C)C1CCSC1. The number of hydrogen-bond donors (Lipinski definition) is 1. The van der Waals surface area contributed by atoms with Gasteiger partial charge >= 0.3 is 0 Å². The summed E-state index contributed by atoms with van der Waals surface area (Å²) in [7, 11) is 2.35. The Morgan fingerprint density at radius 3 is 2.79 bits per heavy atom. The Hall–Kier alpha value is 0.270. The molecule has 4 atom stereocenters. The van der Waals surface area contributed by atoms with Crippen LogP contribution in [-0.2, 0) is 0 Å². The van der Waals surface area contributed by atoms with E-state index in [0.29, 0.717) is 0 Å². The summed E-state index contributed by atoms with van der Waals surface area (Å²) in [6, 6.07) is 1.61. The Bertz CT molecular complexity index is 251. The Kier molecular flexibility index (Phi) is 6.51. The predicted octanol–water partition coefficient (Wildman–Crippen LogP) is 3.23. The van der Waals surface area contributed by atoms with E-state index in [1.54, 1.807) is 0 Å². The van der Waals surface area contributed by atoms with Crippen LogP contribution < -0.4 is 5.32 Å². The first-order valence-electron chi connectivity index (χ1n) is 8.22. The molecule has 4 unspecified atom stereocenters. The van der Waals surface area contributed by atoms with E-state index in [9.17, 15) is 0 Å². The van der Waals surface area contributed by atoms with Crippen LogP contribution in [0.25, 0.3) is 0 Å². The lowest BCUT2D eigenvalue weighted by atomic mass is 9.78. The number of nitrogens with one attached hydrogen (secondary N) is 1. The van der Waals surface area contributed by atoms with Crippen molar-refractivity contribution in [2.45, 2.75) is 58.0 Å².